The summed E-state index contributed by atoms with van der Waals surface area (Å²) in [5.74, 6) is -0.531. The summed E-state index contributed by atoms with van der Waals surface area (Å²) in [6.07, 6.45) is 3.09. The van der Waals surface area contributed by atoms with Gasteiger partial charge in [-0.15, -0.1) is 0 Å². The third-order valence-corrected chi connectivity index (χ3v) is 5.59. The molecule has 148 valence electrons. The monoisotopic (exact) mass is 398 g/mol. The summed E-state index contributed by atoms with van der Waals surface area (Å²) in [5.41, 5.74) is 4.32. The zero-order valence-electron chi connectivity index (χ0n) is 16.4. The average molecular weight is 399 g/mol. The van der Waals surface area contributed by atoms with Crippen molar-refractivity contribution in [2.75, 3.05) is 11.9 Å². The molecule has 2 amide bonds. The van der Waals surface area contributed by atoms with Crippen molar-refractivity contribution in [3.8, 4) is 0 Å². The first kappa shape index (κ1) is 20.4. The van der Waals surface area contributed by atoms with Crippen LogP contribution in [0.4, 0.5) is 5.69 Å². The van der Waals surface area contributed by atoms with Crippen LogP contribution in [-0.4, -0.2) is 18.4 Å². The highest BCUT2D eigenvalue weighted by Crippen LogP contribution is 2.40. The van der Waals surface area contributed by atoms with Gasteiger partial charge in [0.15, 0.2) is 0 Å². The van der Waals surface area contributed by atoms with Crippen molar-refractivity contribution >= 4 is 29.1 Å². The van der Waals surface area contributed by atoms with Gasteiger partial charge in [0.2, 0.25) is 11.8 Å². The molecule has 1 saturated carbocycles. The third-order valence-electron chi connectivity index (χ3n) is 5.34. The van der Waals surface area contributed by atoms with Gasteiger partial charge >= 0.3 is 0 Å². The lowest BCUT2D eigenvalue weighted by Crippen LogP contribution is -2.29. The number of amides is 2. The molecule has 2 aromatic rings. The van der Waals surface area contributed by atoms with Crippen molar-refractivity contribution in [2.24, 2.45) is 11.8 Å². The number of carbonyl (C=O) groups excluding carboxylic acids is 2. The molecule has 0 radical (unpaired) electrons. The van der Waals surface area contributed by atoms with Crippen molar-refractivity contribution in [3.63, 3.8) is 0 Å². The summed E-state index contributed by atoms with van der Waals surface area (Å²) in [4.78, 5) is 25.0. The first-order valence-electron chi connectivity index (χ1n) is 9.97. The van der Waals surface area contributed by atoms with Crippen molar-refractivity contribution in [1.29, 1.82) is 0 Å². The summed E-state index contributed by atoms with van der Waals surface area (Å²) < 4.78 is 0. The molecule has 2 aromatic carbocycles. The van der Waals surface area contributed by atoms with Crippen LogP contribution in [-0.2, 0) is 28.9 Å². The minimum atomic E-state index is -0.231. The van der Waals surface area contributed by atoms with E-state index in [1.54, 1.807) is 0 Å². The van der Waals surface area contributed by atoms with Crippen LogP contribution in [0.3, 0.4) is 0 Å². The summed E-state index contributed by atoms with van der Waals surface area (Å²) in [6, 6.07) is 13.7. The van der Waals surface area contributed by atoms with Gasteiger partial charge in [-0.05, 0) is 54.5 Å². The summed E-state index contributed by atoms with van der Waals surface area (Å²) in [7, 11) is 0. The number of carbonyl (C=O) groups is 2. The van der Waals surface area contributed by atoms with Gasteiger partial charge in [-0.2, -0.15) is 0 Å². The van der Waals surface area contributed by atoms with Crippen molar-refractivity contribution in [1.82, 2.24) is 5.32 Å². The molecule has 0 spiro atoms. The smallest absolute Gasteiger partial charge is 0.228 e. The molecule has 0 aromatic heterocycles. The van der Waals surface area contributed by atoms with Gasteiger partial charge in [0, 0.05) is 17.3 Å². The van der Waals surface area contributed by atoms with Crippen molar-refractivity contribution in [3.05, 3.63) is 64.2 Å². The predicted molar refractivity (Wildman–Crippen MR) is 114 cm³/mol. The maximum Gasteiger partial charge on any atom is 0.228 e. The van der Waals surface area contributed by atoms with Crippen LogP contribution in [0.2, 0.25) is 5.02 Å². The predicted octanol–water partition coefficient (Wildman–Crippen LogP) is 4.40. The Balaban J connectivity index is 1.50. The molecule has 0 saturated heterocycles. The Hall–Kier alpha value is -2.33. The van der Waals surface area contributed by atoms with E-state index < -0.39 is 0 Å². The van der Waals surface area contributed by atoms with Crippen molar-refractivity contribution in [2.45, 2.75) is 39.5 Å². The molecule has 0 heterocycles. The molecule has 28 heavy (non-hydrogen) atoms. The standard InChI is InChI=1S/C23H27ClN2O2/c1-3-16-6-5-7-17(4-2)21(16)26-23(28)20-14-19(20)22(27)25-13-12-15-8-10-18(24)11-9-15/h5-11,19-20H,3-4,12-14H2,1-2H3,(H,25,27)(H,26,28). The molecule has 2 atom stereocenters. The Bertz CT molecular complexity index is 826. The molecule has 1 aliphatic carbocycles. The van der Waals surface area contributed by atoms with E-state index in [0.29, 0.717) is 18.0 Å². The largest absolute Gasteiger partial charge is 0.356 e. The molecule has 0 bridgehead atoms. The highest BCUT2D eigenvalue weighted by molar-refractivity contribution is 6.30. The van der Waals surface area contributed by atoms with Crippen LogP contribution in [0, 0.1) is 11.8 Å². The lowest BCUT2D eigenvalue weighted by Gasteiger charge is -2.14. The van der Waals surface area contributed by atoms with Gasteiger partial charge < -0.3 is 10.6 Å². The molecule has 1 fully saturated rings. The summed E-state index contributed by atoms with van der Waals surface area (Å²) in [6.45, 7) is 4.72. The first-order valence-corrected chi connectivity index (χ1v) is 10.3. The number of benzene rings is 2. The minimum Gasteiger partial charge on any atom is -0.356 e. The van der Waals surface area contributed by atoms with E-state index in [4.69, 9.17) is 11.6 Å². The number of hydrogen-bond acceptors (Lipinski definition) is 2. The second kappa shape index (κ2) is 9.24. The van der Waals surface area contributed by atoms with Crippen LogP contribution in [0.25, 0.3) is 0 Å². The second-order valence-corrected chi connectivity index (χ2v) is 7.70. The highest BCUT2D eigenvalue weighted by Gasteiger charge is 2.48. The van der Waals surface area contributed by atoms with Gasteiger partial charge in [0.1, 0.15) is 0 Å². The molecular weight excluding hydrogens is 372 g/mol. The Morgan fingerprint density at radius 2 is 1.57 bits per heavy atom. The third kappa shape index (κ3) is 4.93. The van der Waals surface area contributed by atoms with Crippen LogP contribution in [0.1, 0.15) is 37.0 Å². The fraction of sp³-hybridized carbons (Fsp3) is 0.391. The van der Waals surface area contributed by atoms with E-state index in [9.17, 15) is 9.59 Å². The fourth-order valence-electron chi connectivity index (χ4n) is 3.51. The Morgan fingerprint density at radius 3 is 2.18 bits per heavy atom. The van der Waals surface area contributed by atoms with E-state index >= 15 is 0 Å². The number of halogens is 1. The topological polar surface area (TPSA) is 58.2 Å². The van der Waals surface area contributed by atoms with Crippen LogP contribution in [0.15, 0.2) is 42.5 Å². The Morgan fingerprint density at radius 1 is 0.964 bits per heavy atom. The maximum atomic E-state index is 12.6. The molecule has 4 nitrogen and oxygen atoms in total. The molecular formula is C23H27ClN2O2. The molecule has 1 aliphatic rings. The van der Waals surface area contributed by atoms with E-state index in [1.165, 1.54) is 0 Å². The number of nitrogens with one attached hydrogen (secondary N) is 2. The summed E-state index contributed by atoms with van der Waals surface area (Å²) in [5, 5.41) is 6.74. The van der Waals surface area contributed by atoms with E-state index in [-0.39, 0.29) is 23.7 Å². The molecule has 5 heteroatoms. The number of anilines is 1. The van der Waals surface area contributed by atoms with Gasteiger partial charge in [-0.1, -0.05) is 55.8 Å². The fourth-order valence-corrected chi connectivity index (χ4v) is 3.63. The molecule has 3 rings (SSSR count). The van der Waals surface area contributed by atoms with E-state index in [0.717, 1.165) is 41.6 Å². The normalized spacial score (nSPS) is 17.8. The van der Waals surface area contributed by atoms with Crippen LogP contribution >= 0.6 is 11.6 Å². The first-order chi connectivity index (χ1) is 13.5. The SMILES string of the molecule is CCc1cccc(CC)c1NC(=O)C1CC1C(=O)NCCc1ccc(Cl)cc1. The molecule has 2 N–H and O–H groups in total. The van der Waals surface area contributed by atoms with Gasteiger partial charge in [0.25, 0.3) is 0 Å². The van der Waals surface area contributed by atoms with Crippen LogP contribution < -0.4 is 10.6 Å². The van der Waals surface area contributed by atoms with Gasteiger partial charge in [-0.25, -0.2) is 0 Å². The quantitative estimate of drug-likeness (QED) is 0.692. The van der Waals surface area contributed by atoms with Gasteiger partial charge in [0.05, 0.1) is 11.8 Å². The Kier molecular flexibility index (Phi) is 6.74. The number of rotatable bonds is 8. The zero-order valence-corrected chi connectivity index (χ0v) is 17.2. The zero-order chi connectivity index (χ0) is 20.1. The van der Waals surface area contributed by atoms with Crippen LogP contribution in [0.5, 0.6) is 0 Å². The van der Waals surface area contributed by atoms with E-state index in [1.807, 2.05) is 42.5 Å². The van der Waals surface area contributed by atoms with E-state index in [2.05, 4.69) is 24.5 Å². The number of hydrogen-bond donors (Lipinski definition) is 2. The summed E-state index contributed by atoms with van der Waals surface area (Å²) >= 11 is 5.88. The van der Waals surface area contributed by atoms with Gasteiger partial charge in [-0.3, -0.25) is 9.59 Å². The maximum absolute atomic E-state index is 12.6. The number of aryl methyl sites for hydroxylation is 2. The van der Waals surface area contributed by atoms with Crippen molar-refractivity contribution < 1.29 is 9.59 Å². The molecule has 2 unspecified atom stereocenters. The Labute approximate surface area is 171 Å². The second-order valence-electron chi connectivity index (χ2n) is 7.26. The highest BCUT2D eigenvalue weighted by atomic mass is 35.5. The number of para-hydroxylation sites is 1. The molecule has 0 aliphatic heterocycles. The average Bonchev–Trinajstić information content (AvgIpc) is 3.50. The lowest BCUT2D eigenvalue weighted by atomic mass is 10.0. The minimum absolute atomic E-state index is 0.0337. The lowest BCUT2D eigenvalue weighted by molar-refractivity contribution is -0.125.